The van der Waals surface area contributed by atoms with Gasteiger partial charge in [-0.2, -0.15) is 10.5 Å². The van der Waals surface area contributed by atoms with Crippen molar-refractivity contribution in [1.29, 1.82) is 10.5 Å². The molecule has 3 aromatic heterocycles. The second-order valence-electron chi connectivity index (χ2n) is 18.4. The van der Waals surface area contributed by atoms with E-state index in [1.54, 1.807) is 0 Å². The van der Waals surface area contributed by atoms with Crippen LogP contribution in [-0.2, 0) is 0 Å². The van der Waals surface area contributed by atoms with E-state index in [0.29, 0.717) is 28.2 Å². The van der Waals surface area contributed by atoms with Crippen LogP contribution in [-0.4, -0.2) is 14.1 Å². The maximum absolute atomic E-state index is 9.98. The topological polar surface area (TPSA) is 83.4 Å². The molecule has 9 aromatic carbocycles. The zero-order chi connectivity index (χ0) is 50.6. The number of pyridine rings is 1. The van der Waals surface area contributed by atoms with Crippen molar-refractivity contribution in [2.75, 3.05) is 0 Å². The van der Waals surface area contributed by atoms with E-state index in [2.05, 4.69) is 115 Å². The van der Waals surface area contributed by atoms with Crippen LogP contribution < -0.4 is 0 Å². The zero-order valence-corrected chi connectivity index (χ0v) is 40.1. The maximum atomic E-state index is 9.98. The molecule has 0 aliphatic heterocycles. The molecule has 0 atom stereocenters. The molecule has 74 heavy (non-hydrogen) atoms. The number of nitriles is 2. The SMILES string of the molecule is [C-]#[N+]c1cccc(-c2ccc3c4ccc(-c5cccc([N+]#[C-])c5)cc4n(-c4cc([N+]#[C-])c(-c5cc(C)nc(C)c5)cc4-n4c5cc(-c6cccc(C#N)c6)ccc5c5ccc(-c6cccc(C#N)c6)cc54)c3c2)c1. The van der Waals surface area contributed by atoms with Gasteiger partial charge < -0.3 is 9.13 Å². The van der Waals surface area contributed by atoms with E-state index in [-0.39, 0.29) is 0 Å². The molecule has 0 saturated carbocycles. The van der Waals surface area contributed by atoms with E-state index in [4.69, 9.17) is 24.7 Å². The van der Waals surface area contributed by atoms with Crippen LogP contribution >= 0.6 is 0 Å². The standard InChI is InChI=1S/C66H38N8/c1-40-26-52(27-41(2)72-40)59-36-65(73-61-32-48(44-12-6-10-42(28-44)38-67)18-22-55(61)56-23-19-49(33-62(56)73)45-13-7-11-43(29-45)39-68)66(37-60(59)71-5)74-63-34-50(46-14-8-16-53(30-46)69-3)20-24-57(63)58-25-21-51(35-64(58)74)47-15-9-17-54(31-47)70-4/h6-37H,1-2H3. The van der Waals surface area contributed by atoms with E-state index >= 15 is 0 Å². The predicted octanol–water partition coefficient (Wildman–Crippen LogP) is 17.6. The molecule has 12 aromatic rings. The van der Waals surface area contributed by atoms with Gasteiger partial charge in [0.25, 0.3) is 0 Å². The highest BCUT2D eigenvalue weighted by molar-refractivity contribution is 6.14. The summed E-state index contributed by atoms with van der Waals surface area (Å²) in [6.07, 6.45) is 0. The summed E-state index contributed by atoms with van der Waals surface area (Å²) in [6, 6.07) is 69.1. The average Bonchev–Trinajstić information content (AvgIpc) is 3.95. The Labute approximate surface area is 427 Å². The van der Waals surface area contributed by atoms with Crippen LogP contribution in [0.4, 0.5) is 17.1 Å². The van der Waals surface area contributed by atoms with Gasteiger partial charge in [-0.05, 0) is 154 Å². The Morgan fingerprint density at radius 2 is 0.743 bits per heavy atom. The van der Waals surface area contributed by atoms with Gasteiger partial charge >= 0.3 is 0 Å². The van der Waals surface area contributed by atoms with Crippen molar-refractivity contribution in [3.05, 3.63) is 251 Å². The first kappa shape index (κ1) is 44.4. The highest BCUT2D eigenvalue weighted by Gasteiger charge is 2.24. The Kier molecular flexibility index (Phi) is 10.7. The Bertz CT molecular complexity index is 4340. The molecule has 342 valence electrons. The normalized spacial score (nSPS) is 11.0. The summed E-state index contributed by atoms with van der Waals surface area (Å²) in [4.78, 5) is 16.5. The molecular formula is C66H38N8. The minimum Gasteiger partial charge on any atom is -0.308 e. The minimum absolute atomic E-state index is 0.453. The Morgan fingerprint density at radius 1 is 0.378 bits per heavy atom. The highest BCUT2D eigenvalue weighted by atomic mass is 15.1. The fraction of sp³-hybridized carbons (Fsp3) is 0.0303. The van der Waals surface area contributed by atoms with Gasteiger partial charge in [-0.1, -0.05) is 109 Å². The molecule has 0 spiro atoms. The summed E-state index contributed by atoms with van der Waals surface area (Å²) in [5.41, 5.74) is 18.4. The van der Waals surface area contributed by atoms with Crippen LogP contribution in [0.5, 0.6) is 0 Å². The van der Waals surface area contributed by atoms with Crippen LogP contribution in [0.15, 0.2) is 194 Å². The second-order valence-corrected chi connectivity index (χ2v) is 18.4. The fourth-order valence-corrected chi connectivity index (χ4v) is 10.6. The minimum atomic E-state index is 0.453. The third-order valence-corrected chi connectivity index (χ3v) is 13.9. The molecular weight excluding hydrogens is 905 g/mol. The molecule has 3 heterocycles. The van der Waals surface area contributed by atoms with Crippen LogP contribution in [0.2, 0.25) is 0 Å². The molecule has 0 aliphatic carbocycles. The van der Waals surface area contributed by atoms with Crippen molar-refractivity contribution < 1.29 is 0 Å². The Hall–Kier alpha value is -10.8. The zero-order valence-electron chi connectivity index (χ0n) is 40.1. The van der Waals surface area contributed by atoms with Gasteiger partial charge in [0.05, 0.1) is 76.4 Å². The molecule has 8 nitrogen and oxygen atoms in total. The van der Waals surface area contributed by atoms with Crippen LogP contribution in [0.1, 0.15) is 22.5 Å². The van der Waals surface area contributed by atoms with Crippen molar-refractivity contribution in [3.63, 3.8) is 0 Å². The molecule has 0 bridgehead atoms. The van der Waals surface area contributed by atoms with Crippen molar-refractivity contribution in [2.24, 2.45) is 0 Å². The number of fused-ring (bicyclic) bond motifs is 6. The highest BCUT2D eigenvalue weighted by Crippen LogP contribution is 2.46. The summed E-state index contributed by atoms with van der Waals surface area (Å²) in [5.74, 6) is 0. The van der Waals surface area contributed by atoms with E-state index in [0.717, 1.165) is 122 Å². The molecule has 8 heteroatoms. The van der Waals surface area contributed by atoms with Gasteiger partial charge in [0.1, 0.15) is 0 Å². The number of hydrogen-bond acceptors (Lipinski definition) is 3. The van der Waals surface area contributed by atoms with Gasteiger partial charge in [0, 0.05) is 32.9 Å². The molecule has 0 unspecified atom stereocenters. The average molecular weight is 943 g/mol. The first-order valence-corrected chi connectivity index (χ1v) is 23.9. The summed E-state index contributed by atoms with van der Waals surface area (Å²) >= 11 is 0. The summed E-state index contributed by atoms with van der Waals surface area (Å²) in [7, 11) is 0. The van der Waals surface area contributed by atoms with Gasteiger partial charge in [0.15, 0.2) is 17.1 Å². The lowest BCUT2D eigenvalue weighted by Crippen LogP contribution is -2.05. The monoisotopic (exact) mass is 942 g/mol. The second kappa shape index (κ2) is 17.9. The molecule has 12 rings (SSSR count). The van der Waals surface area contributed by atoms with Gasteiger partial charge in [-0.3, -0.25) is 4.98 Å². The number of aryl methyl sites for hydroxylation is 2. The number of rotatable bonds is 7. The third kappa shape index (κ3) is 7.56. The van der Waals surface area contributed by atoms with E-state index in [9.17, 15) is 10.5 Å². The lowest BCUT2D eigenvalue weighted by atomic mass is 10.00. The van der Waals surface area contributed by atoms with Crippen LogP contribution in [0.25, 0.3) is 125 Å². The van der Waals surface area contributed by atoms with Crippen LogP contribution in [0, 0.1) is 56.2 Å². The quantitative estimate of drug-likeness (QED) is 0.149. The van der Waals surface area contributed by atoms with Gasteiger partial charge in [-0.15, -0.1) is 0 Å². The van der Waals surface area contributed by atoms with Crippen molar-refractivity contribution in [2.45, 2.75) is 13.8 Å². The van der Waals surface area contributed by atoms with E-state index < -0.39 is 0 Å². The predicted molar refractivity (Wildman–Crippen MR) is 298 cm³/mol. The number of benzene rings is 9. The largest absolute Gasteiger partial charge is 0.308 e. The number of hydrogen-bond donors (Lipinski definition) is 0. The summed E-state index contributed by atoms with van der Waals surface area (Å²) in [6.45, 7) is 28.5. The molecule has 0 saturated heterocycles. The first-order chi connectivity index (χ1) is 36.2. The molecule has 0 radical (unpaired) electrons. The van der Waals surface area contributed by atoms with Crippen molar-refractivity contribution in [1.82, 2.24) is 14.1 Å². The van der Waals surface area contributed by atoms with Gasteiger partial charge in [0.2, 0.25) is 0 Å². The maximum Gasteiger partial charge on any atom is 0.197 e. The van der Waals surface area contributed by atoms with E-state index in [1.807, 2.05) is 129 Å². The fourth-order valence-electron chi connectivity index (χ4n) is 10.6. The lowest BCUT2D eigenvalue weighted by molar-refractivity contribution is 1.10. The Morgan fingerprint density at radius 3 is 1.12 bits per heavy atom. The van der Waals surface area contributed by atoms with Gasteiger partial charge in [-0.25, -0.2) is 14.5 Å². The van der Waals surface area contributed by atoms with Crippen molar-refractivity contribution >= 4 is 60.7 Å². The summed E-state index contributed by atoms with van der Waals surface area (Å²) in [5, 5.41) is 23.9. The third-order valence-electron chi connectivity index (χ3n) is 13.9. The van der Waals surface area contributed by atoms with Crippen LogP contribution in [0.3, 0.4) is 0 Å². The molecule has 0 N–H and O–H groups in total. The lowest BCUT2D eigenvalue weighted by Gasteiger charge is -2.21. The Balaban J connectivity index is 1.26. The number of aromatic nitrogens is 3. The molecule has 0 amide bonds. The first-order valence-electron chi connectivity index (χ1n) is 23.9. The van der Waals surface area contributed by atoms with Crippen molar-refractivity contribution in [3.8, 4) is 79.1 Å². The number of nitrogens with zero attached hydrogens (tertiary/aromatic N) is 8. The molecule has 0 aliphatic rings. The molecule has 0 fully saturated rings. The van der Waals surface area contributed by atoms with E-state index in [1.165, 1.54) is 0 Å². The summed E-state index contributed by atoms with van der Waals surface area (Å²) < 4.78 is 4.57. The smallest absolute Gasteiger partial charge is 0.197 e.